The molecule has 45 heteroatoms. The number of alkyl halides is 9. The summed E-state index contributed by atoms with van der Waals surface area (Å²) < 4.78 is 117. The number of nitriles is 2. The molecule has 23 nitrogen and oxygen atoms in total. The van der Waals surface area contributed by atoms with Gasteiger partial charge in [-0.2, -0.15) is 59.5 Å². The third-order valence-corrected chi connectivity index (χ3v) is 24.9. The number of hydrogen-bond acceptors (Lipinski definition) is 21. The first-order valence-corrected chi connectivity index (χ1v) is 45.7. The van der Waals surface area contributed by atoms with Crippen LogP contribution in [-0.4, -0.2) is 56.7 Å². The summed E-state index contributed by atoms with van der Waals surface area (Å²) in [5.41, 5.74) is 0.111. The maximum Gasteiger partial charge on any atom is 0.418 e. The molecule has 0 aliphatic carbocycles. The monoisotopic (exact) mass is 2090 g/mol. The lowest BCUT2D eigenvalue weighted by molar-refractivity contribution is -0.646. The third-order valence-electron chi connectivity index (χ3n) is 17.5. The minimum absolute atomic E-state index is 0.000327. The molecule has 7 aromatic heterocycles. The Morgan fingerprint density at radius 3 is 1.64 bits per heavy atom. The molecule has 0 aliphatic rings. The van der Waals surface area contributed by atoms with Crippen LogP contribution in [0.15, 0.2) is 259 Å². The number of aliphatic imine (C=N–C) groups is 1. The van der Waals surface area contributed by atoms with Crippen LogP contribution in [0.4, 0.5) is 73.8 Å². The van der Waals surface area contributed by atoms with Gasteiger partial charge in [-0.3, -0.25) is 39.8 Å². The van der Waals surface area contributed by atoms with E-state index in [2.05, 4.69) is 87.5 Å². The molecule has 0 saturated heterocycles. The first kappa shape index (κ1) is 108. The average Bonchev–Trinajstić information content (AvgIpc) is 0.762. The molecule has 2 amide bonds. The normalized spacial score (nSPS) is 11.1. The summed E-state index contributed by atoms with van der Waals surface area (Å²) in [6, 6.07) is 60.1. The predicted octanol–water partition coefficient (Wildman–Crippen LogP) is 28.7. The lowest BCUT2D eigenvalue weighted by Crippen LogP contribution is -2.28. The Kier molecular flexibility index (Phi) is 40.9. The molecule has 0 fully saturated rings. The van der Waals surface area contributed by atoms with Crippen LogP contribution < -0.4 is 25.4 Å². The van der Waals surface area contributed by atoms with Gasteiger partial charge in [0.2, 0.25) is 0 Å². The summed E-state index contributed by atoms with van der Waals surface area (Å²) >= 11 is 56.0. The highest BCUT2D eigenvalue weighted by Crippen LogP contribution is 2.50. The van der Waals surface area contributed by atoms with Crippen LogP contribution in [0, 0.1) is 53.3 Å². The van der Waals surface area contributed by atoms with E-state index in [4.69, 9.17) is 120 Å². The van der Waals surface area contributed by atoms with Crippen LogP contribution in [0.1, 0.15) is 106 Å². The number of carbonyl (C=O) groups is 2. The maximum atomic E-state index is 13.0. The Bertz CT molecular complexity index is 6340. The number of benzene rings is 6. The van der Waals surface area contributed by atoms with Crippen molar-refractivity contribution in [1.29, 1.82) is 10.5 Å². The second-order valence-electron chi connectivity index (χ2n) is 27.8. The van der Waals surface area contributed by atoms with Crippen LogP contribution in [0.3, 0.4) is 0 Å². The fourth-order valence-electron chi connectivity index (χ4n) is 10.9. The number of hydrogen-bond donors (Lipinski definition) is 3. The number of halogens is 18. The Hall–Kier alpha value is -11.5. The number of nitro benzene ring substituents is 2. The SMILES string of the molecule is CCCCS/C(=N\c1cccnc1)SCc1ccc(C(C)(C)C)cc1.N#Cc1c(Cl)nc(Cl)c(C#N)c1-c1ccccc1.O=C(NCc1ncc(C(F)(F)F)cc1Cl)c1c(Cl)cccc1Cl.O=C(Nc1ccccc1-c1ccc(Cl)cc1)c1cccnc1Cl.O=[N+]([O-])c1cc(C(F)(F)F)c(Cl)c([N+](=O)[O-])c1Nc1ncc(C(F)(F)F)cc1Cl.[O-][n+]1ccccc1SSc1cccc[n+]1[O-]. The first-order chi connectivity index (χ1) is 63.4. The van der Waals surface area contributed by atoms with Gasteiger partial charge in [-0.15, -0.1) is 0 Å². The molecule has 0 aliphatic heterocycles. The molecule has 6 aromatic carbocycles. The molecule has 0 unspecified atom stereocenters. The molecule has 134 heavy (non-hydrogen) atoms. The first-order valence-electron chi connectivity index (χ1n) is 38.2. The van der Waals surface area contributed by atoms with Gasteiger partial charge in [0.1, 0.15) is 42.8 Å². The lowest BCUT2D eigenvalue weighted by Gasteiger charge is -2.19. The average molecular weight is 2090 g/mol. The highest BCUT2D eigenvalue weighted by molar-refractivity contribution is 8.76. The van der Waals surface area contributed by atoms with Gasteiger partial charge < -0.3 is 26.4 Å². The van der Waals surface area contributed by atoms with Crippen LogP contribution in [0.5, 0.6) is 0 Å². The highest BCUT2D eigenvalue weighted by Gasteiger charge is 2.43. The fraction of sp³-hybridized carbons (Fsp3) is 0.146. The number of pyridine rings is 7. The summed E-state index contributed by atoms with van der Waals surface area (Å²) in [5.74, 6) is 0.457. The number of anilines is 3. The van der Waals surface area contributed by atoms with E-state index >= 15 is 0 Å². The van der Waals surface area contributed by atoms with Crippen molar-refractivity contribution in [2.24, 2.45) is 4.99 Å². The van der Waals surface area contributed by atoms with E-state index in [0.29, 0.717) is 49.7 Å². The number of nitrogens with zero attached hydrogens (tertiary/aromatic N) is 12. The smallest absolute Gasteiger partial charge is 0.418 e. The molecule has 0 spiro atoms. The minimum Gasteiger partial charge on any atom is -0.618 e. The molecular weight excluding hydrogens is 2030 g/mol. The molecule has 13 aromatic rings. The Balaban J connectivity index is 0.000000200. The number of nitrogens with one attached hydrogen (secondary N) is 3. The van der Waals surface area contributed by atoms with Gasteiger partial charge >= 0.3 is 29.9 Å². The van der Waals surface area contributed by atoms with Crippen molar-refractivity contribution >= 4 is 200 Å². The second-order valence-corrected chi connectivity index (χ2v) is 35.8. The number of thioether (sulfide) groups is 2. The van der Waals surface area contributed by atoms with Crippen molar-refractivity contribution in [3.8, 4) is 34.4 Å². The van der Waals surface area contributed by atoms with E-state index in [1.165, 1.54) is 70.1 Å². The molecule has 0 saturated carbocycles. The summed E-state index contributed by atoms with van der Waals surface area (Å²) in [6.45, 7) is 8.80. The molecule has 694 valence electrons. The topological polar surface area (TPSA) is 335 Å². The van der Waals surface area contributed by atoms with Gasteiger partial charge in [-0.05, 0) is 119 Å². The maximum absolute atomic E-state index is 13.0. The lowest BCUT2D eigenvalue weighted by atomic mass is 9.87. The molecule has 3 N–H and O–H groups in total. The van der Waals surface area contributed by atoms with Gasteiger partial charge in [0.15, 0.2) is 18.1 Å². The van der Waals surface area contributed by atoms with Crippen LogP contribution in [0.2, 0.25) is 45.6 Å². The van der Waals surface area contributed by atoms with Crippen LogP contribution >= 0.6 is 150 Å². The van der Waals surface area contributed by atoms with E-state index in [-0.39, 0.29) is 83.0 Å². The Labute approximate surface area is 820 Å². The van der Waals surface area contributed by atoms with Crippen LogP contribution in [0.25, 0.3) is 22.3 Å². The quantitative estimate of drug-likeness (QED) is 0.00609. The number of amides is 2. The Morgan fingerprint density at radius 1 is 0.560 bits per heavy atom. The summed E-state index contributed by atoms with van der Waals surface area (Å²) in [7, 11) is 2.52. The van der Waals surface area contributed by atoms with E-state index in [0.717, 1.165) is 48.2 Å². The minimum atomic E-state index is -5.27. The van der Waals surface area contributed by atoms with Gasteiger partial charge in [0.05, 0.1) is 93.0 Å². The zero-order valence-corrected chi connectivity index (χ0v) is 79.3. The van der Waals surface area contributed by atoms with Crippen molar-refractivity contribution in [2.75, 3.05) is 16.4 Å². The number of aromatic nitrogens is 7. The molecule has 13 rings (SSSR count). The number of unbranched alkanes of at least 4 members (excludes halogenated alkanes) is 1. The zero-order chi connectivity index (χ0) is 98.4. The van der Waals surface area contributed by atoms with Crippen molar-refractivity contribution < 1.29 is 68.4 Å². The Morgan fingerprint density at radius 2 is 1.13 bits per heavy atom. The third kappa shape index (κ3) is 31.9. The summed E-state index contributed by atoms with van der Waals surface area (Å²) in [6.07, 6.45) is -3.30. The van der Waals surface area contributed by atoms with Crippen molar-refractivity contribution in [3.63, 3.8) is 0 Å². The molecule has 0 bridgehead atoms. The summed E-state index contributed by atoms with van der Waals surface area (Å²) in [4.78, 5) is 67.6. The molecule has 0 atom stereocenters. The summed E-state index contributed by atoms with van der Waals surface area (Å²) in [5, 5.41) is 70.4. The predicted molar refractivity (Wildman–Crippen MR) is 510 cm³/mol. The van der Waals surface area contributed by atoms with Crippen molar-refractivity contribution in [2.45, 2.75) is 86.8 Å². The van der Waals surface area contributed by atoms with Gasteiger partial charge in [-0.1, -0.05) is 253 Å². The van der Waals surface area contributed by atoms with E-state index in [1.54, 1.807) is 91.3 Å². The number of carbonyl (C=O) groups excluding carboxylic acids is 2. The van der Waals surface area contributed by atoms with Gasteiger partial charge in [0, 0.05) is 104 Å². The van der Waals surface area contributed by atoms with E-state index in [1.807, 2.05) is 114 Å². The number of para-hydroxylation sites is 1. The zero-order valence-electron chi connectivity index (χ0n) is 69.2. The van der Waals surface area contributed by atoms with E-state index in [9.17, 15) is 79.7 Å². The highest BCUT2D eigenvalue weighted by atomic mass is 35.5. The molecular formula is C89H65Cl9F9N15O8S4. The fourth-order valence-corrected chi connectivity index (χ4v) is 17.2. The largest absolute Gasteiger partial charge is 0.618 e. The van der Waals surface area contributed by atoms with E-state index < -0.39 is 83.9 Å². The standard InChI is InChI=1S/C21H28N2S2.C18H12Cl2N2O.C14H8Cl3F3N2O.C13H4Cl2F6N4O4.C13H5Cl2N3.C10H8N2O2S2/c1-5-6-14-24-20(23-19-8-7-13-22-15-19)25-16-17-9-11-18(12-10-17)21(2,3)4;19-13-9-7-12(8-10-13)14-4-1-2-6-16(14)22-18(23)15-5-3-11-21-17(15)20;15-8-2-1-3-9(16)12(8)13(23)22-6-11-10(17)4-7(5-21-11)14(18,19)20;14-6-1-4(12(16,17)18)3-22-11(6)23-9-7(24(26)27)2-5(13(19,20)21)8(15)10(9)25(28)29;14-12-9(6-16)11(8-4-2-1-3-5-8)10(7-17)13(15)18-12;13-11-7-3-1-5-9(11)15-16-10-6-2-4-8-12(10)14/h7-13,15H,5-6,14,16H2,1-4H3;1-11H,(H,22,23);1-5H,6H2,(H,22,23);1-3H,(H,22,23);1-5H;1-8H/b23-20+;;;;;. The van der Waals surface area contributed by atoms with Crippen LogP contribution in [-0.2, 0) is 36.2 Å². The number of rotatable bonds is 20. The van der Waals surface area contributed by atoms with Gasteiger partial charge in [-0.25, -0.2) is 19.9 Å². The molecule has 0 radical (unpaired) electrons. The van der Waals surface area contributed by atoms with Gasteiger partial charge in [0.25, 0.3) is 21.9 Å². The number of nitro groups is 2. The van der Waals surface area contributed by atoms with Crippen molar-refractivity contribution in [3.05, 3.63) is 376 Å². The second kappa shape index (κ2) is 50.8. The van der Waals surface area contributed by atoms with Crippen molar-refractivity contribution in [1.82, 2.24) is 30.2 Å². The molecule has 7 heterocycles.